The zero-order valence-electron chi connectivity index (χ0n) is 21.5. The Hall–Kier alpha value is -3.43. The van der Waals surface area contributed by atoms with Gasteiger partial charge in [0.15, 0.2) is 0 Å². The van der Waals surface area contributed by atoms with Crippen molar-refractivity contribution in [3.05, 3.63) is 94.6 Å². The minimum atomic E-state index is -3.71. The van der Waals surface area contributed by atoms with Gasteiger partial charge in [-0.1, -0.05) is 48.0 Å². The van der Waals surface area contributed by atoms with E-state index in [4.69, 9.17) is 16.3 Å². The predicted molar refractivity (Wildman–Crippen MR) is 154 cm³/mol. The number of halogens is 1. The van der Waals surface area contributed by atoms with E-state index in [1.165, 1.54) is 4.31 Å². The monoisotopic (exact) mass is 561 g/mol. The van der Waals surface area contributed by atoms with Crippen LogP contribution in [0.1, 0.15) is 23.6 Å². The van der Waals surface area contributed by atoms with E-state index >= 15 is 0 Å². The number of fused-ring (bicyclic) bond motifs is 2. The normalized spacial score (nSPS) is 17.3. The van der Waals surface area contributed by atoms with Crippen molar-refractivity contribution in [3.8, 4) is 0 Å². The summed E-state index contributed by atoms with van der Waals surface area (Å²) in [5, 5.41) is 1.70. The average molecular weight is 562 g/mol. The molecular formula is C30H28ClN3O4S. The topological polar surface area (TPSA) is 71.9 Å². The summed E-state index contributed by atoms with van der Waals surface area (Å²) in [6.45, 7) is 4.34. The Bertz CT molecular complexity index is 1720. The molecule has 39 heavy (non-hydrogen) atoms. The van der Waals surface area contributed by atoms with Gasteiger partial charge in [-0.2, -0.15) is 4.31 Å². The third-order valence-corrected chi connectivity index (χ3v) is 9.63. The molecule has 1 amide bonds. The Kier molecular flexibility index (Phi) is 6.81. The lowest BCUT2D eigenvalue weighted by molar-refractivity contribution is -0.112. The molecule has 1 saturated heterocycles. The number of carbonyl (C=O) groups excluding carboxylic acids is 1. The van der Waals surface area contributed by atoms with Crippen LogP contribution < -0.4 is 4.90 Å². The number of hydrogen-bond donors (Lipinski definition) is 0. The molecule has 0 saturated carbocycles. The van der Waals surface area contributed by atoms with Crippen molar-refractivity contribution in [2.24, 2.45) is 0 Å². The smallest absolute Gasteiger partial charge is 0.258 e. The number of sulfonamides is 1. The highest BCUT2D eigenvalue weighted by atomic mass is 35.5. The van der Waals surface area contributed by atoms with Gasteiger partial charge in [0.2, 0.25) is 10.0 Å². The molecule has 4 aromatic rings. The van der Waals surface area contributed by atoms with Crippen LogP contribution in [0.25, 0.3) is 22.6 Å². The van der Waals surface area contributed by atoms with Gasteiger partial charge in [-0.25, -0.2) is 8.42 Å². The number of aromatic nitrogens is 1. The third kappa shape index (κ3) is 4.57. The van der Waals surface area contributed by atoms with Crippen LogP contribution >= 0.6 is 11.6 Å². The highest BCUT2D eigenvalue weighted by molar-refractivity contribution is 7.89. The minimum absolute atomic E-state index is 0.142. The Morgan fingerprint density at radius 3 is 2.51 bits per heavy atom. The molecule has 3 aromatic carbocycles. The third-order valence-electron chi connectivity index (χ3n) is 7.37. The molecule has 0 unspecified atom stereocenters. The van der Waals surface area contributed by atoms with Crippen LogP contribution in [0, 0.1) is 0 Å². The Labute approximate surface area is 232 Å². The van der Waals surface area contributed by atoms with E-state index in [9.17, 15) is 13.2 Å². The van der Waals surface area contributed by atoms with E-state index in [2.05, 4.69) is 4.57 Å². The summed E-state index contributed by atoms with van der Waals surface area (Å²) in [6.07, 6.45) is 3.91. The first kappa shape index (κ1) is 25.8. The van der Waals surface area contributed by atoms with Crippen molar-refractivity contribution in [2.75, 3.05) is 37.7 Å². The molecule has 7 nitrogen and oxygen atoms in total. The number of morpholine rings is 1. The summed E-state index contributed by atoms with van der Waals surface area (Å²) < 4.78 is 35.7. The molecule has 0 bridgehead atoms. The number of carbonyl (C=O) groups is 1. The van der Waals surface area contributed by atoms with Crippen molar-refractivity contribution < 1.29 is 17.9 Å². The fourth-order valence-corrected chi connectivity index (χ4v) is 7.00. The number of anilines is 1. The molecule has 200 valence electrons. The maximum Gasteiger partial charge on any atom is 0.258 e. The lowest BCUT2D eigenvalue weighted by Gasteiger charge is -2.26. The van der Waals surface area contributed by atoms with E-state index in [1.807, 2.05) is 67.7 Å². The number of rotatable bonds is 6. The van der Waals surface area contributed by atoms with E-state index in [0.717, 1.165) is 27.7 Å². The molecule has 1 aromatic heterocycles. The van der Waals surface area contributed by atoms with Gasteiger partial charge in [0.25, 0.3) is 5.91 Å². The van der Waals surface area contributed by atoms with Gasteiger partial charge in [-0.05, 0) is 48.9 Å². The van der Waals surface area contributed by atoms with Gasteiger partial charge in [-0.3, -0.25) is 4.79 Å². The second kappa shape index (κ2) is 10.3. The van der Waals surface area contributed by atoms with Gasteiger partial charge in [0, 0.05) is 65.0 Å². The van der Waals surface area contributed by atoms with E-state index < -0.39 is 10.0 Å². The molecule has 3 heterocycles. The van der Waals surface area contributed by atoms with Crippen molar-refractivity contribution in [1.82, 2.24) is 8.87 Å². The first-order valence-electron chi connectivity index (χ1n) is 13.0. The van der Waals surface area contributed by atoms with E-state index in [1.54, 1.807) is 23.1 Å². The van der Waals surface area contributed by atoms with E-state index in [0.29, 0.717) is 55.6 Å². The molecule has 0 radical (unpaired) electrons. The fourth-order valence-electron chi connectivity index (χ4n) is 5.37. The molecule has 0 aliphatic carbocycles. The summed E-state index contributed by atoms with van der Waals surface area (Å²) in [5.41, 5.74) is 4.72. The number of hydrogen-bond acceptors (Lipinski definition) is 4. The number of likely N-dealkylation sites (N-methyl/N-ethyl adjacent to an activating group) is 1. The van der Waals surface area contributed by atoms with Crippen molar-refractivity contribution in [2.45, 2.75) is 18.4 Å². The van der Waals surface area contributed by atoms with Crippen LogP contribution in [-0.2, 0) is 26.1 Å². The van der Waals surface area contributed by atoms with Gasteiger partial charge in [0.1, 0.15) is 0 Å². The summed E-state index contributed by atoms with van der Waals surface area (Å²) >= 11 is 6.45. The zero-order chi connectivity index (χ0) is 27.1. The maximum absolute atomic E-state index is 13.6. The molecule has 0 atom stereocenters. The quantitative estimate of drug-likeness (QED) is 0.301. The summed E-state index contributed by atoms with van der Waals surface area (Å²) in [4.78, 5) is 15.5. The van der Waals surface area contributed by atoms with Gasteiger partial charge < -0.3 is 14.2 Å². The van der Waals surface area contributed by atoms with Gasteiger partial charge >= 0.3 is 0 Å². The molecule has 6 rings (SSSR count). The maximum atomic E-state index is 13.6. The molecule has 1 fully saturated rings. The highest BCUT2D eigenvalue weighted by Gasteiger charge is 2.34. The Morgan fingerprint density at radius 2 is 1.74 bits per heavy atom. The standard InChI is InChI=1S/C30H28ClN3O4S/c1-2-34-29-12-11-23(39(36,37)33-13-15-38-16-14-33)18-25(29)26(30(34)35)17-22-20-32(28-10-6-4-8-24(22)28)19-21-7-3-5-9-27(21)31/h3-12,17-18,20H,2,13-16,19H2,1H3/b26-17-. The first-order valence-corrected chi connectivity index (χ1v) is 14.8. The number of ether oxygens (including phenoxy) is 1. The average Bonchev–Trinajstić information content (AvgIpc) is 3.44. The highest BCUT2D eigenvalue weighted by Crippen LogP contribution is 2.40. The molecular weight excluding hydrogens is 534 g/mol. The van der Waals surface area contributed by atoms with Gasteiger partial charge in [-0.15, -0.1) is 0 Å². The van der Waals surface area contributed by atoms with Crippen molar-refractivity contribution >= 4 is 55.8 Å². The largest absolute Gasteiger partial charge is 0.379 e. The number of para-hydroxylation sites is 1. The molecule has 2 aliphatic heterocycles. The SMILES string of the molecule is CCN1C(=O)/C(=C\c2cn(Cc3ccccc3Cl)c3ccccc23)c2cc(S(=O)(=O)N3CCOCC3)ccc21. The zero-order valence-corrected chi connectivity index (χ0v) is 23.1. The lowest BCUT2D eigenvalue weighted by Crippen LogP contribution is -2.40. The first-order chi connectivity index (χ1) is 18.9. The van der Waals surface area contributed by atoms with Crippen LogP contribution in [0.4, 0.5) is 5.69 Å². The predicted octanol–water partition coefficient (Wildman–Crippen LogP) is 5.27. The van der Waals surface area contributed by atoms with Crippen LogP contribution in [-0.4, -0.2) is 56.0 Å². The fraction of sp³-hybridized carbons (Fsp3) is 0.233. The summed E-state index contributed by atoms with van der Waals surface area (Å²) in [5.74, 6) is -0.142. The second-order valence-electron chi connectivity index (χ2n) is 9.62. The lowest BCUT2D eigenvalue weighted by atomic mass is 10.0. The van der Waals surface area contributed by atoms with Crippen molar-refractivity contribution in [3.63, 3.8) is 0 Å². The van der Waals surface area contributed by atoms with Crippen LogP contribution in [0.3, 0.4) is 0 Å². The van der Waals surface area contributed by atoms with Crippen LogP contribution in [0.15, 0.2) is 77.8 Å². The second-order valence-corrected chi connectivity index (χ2v) is 12.0. The summed E-state index contributed by atoms with van der Waals surface area (Å²) in [6, 6.07) is 20.8. The Morgan fingerprint density at radius 1 is 1.00 bits per heavy atom. The Balaban J connectivity index is 1.46. The van der Waals surface area contributed by atoms with Crippen LogP contribution in [0.5, 0.6) is 0 Å². The minimum Gasteiger partial charge on any atom is -0.379 e. The number of nitrogens with zero attached hydrogens (tertiary/aromatic N) is 3. The van der Waals surface area contributed by atoms with Crippen molar-refractivity contribution in [1.29, 1.82) is 0 Å². The molecule has 0 N–H and O–H groups in total. The molecule has 2 aliphatic rings. The summed E-state index contributed by atoms with van der Waals surface area (Å²) in [7, 11) is -3.71. The molecule has 0 spiro atoms. The van der Waals surface area contributed by atoms with E-state index in [-0.39, 0.29) is 10.8 Å². The van der Waals surface area contributed by atoms with Gasteiger partial charge in [0.05, 0.1) is 23.8 Å². The number of benzene rings is 3. The molecule has 9 heteroatoms. The number of amides is 1. The van der Waals surface area contributed by atoms with Crippen LogP contribution in [0.2, 0.25) is 5.02 Å².